The molecule has 2 N–H and O–H groups in total. The Kier molecular flexibility index (Phi) is 5.98. The highest BCUT2D eigenvalue weighted by molar-refractivity contribution is 5.80. The highest BCUT2D eigenvalue weighted by atomic mass is 16.6. The molecule has 0 radical (unpaired) electrons. The van der Waals surface area contributed by atoms with Crippen molar-refractivity contribution in [3.8, 4) is 0 Å². The molecule has 1 amide bonds. The maximum Gasteiger partial charge on any atom is 0.408 e. The number of hydrogen-bond acceptors (Lipinski definition) is 7. The number of carboxylic acids is 1. The number of amides is 1. The topological polar surface area (TPSA) is 162 Å². The van der Waals surface area contributed by atoms with Crippen molar-refractivity contribution in [2.24, 2.45) is 5.41 Å². The van der Waals surface area contributed by atoms with Gasteiger partial charge in [0.2, 0.25) is 0 Å². The summed E-state index contributed by atoms with van der Waals surface area (Å²) in [5.41, 5.74) is -1.80. The second-order valence-electron chi connectivity index (χ2n) is 6.23. The van der Waals surface area contributed by atoms with Crippen molar-refractivity contribution in [3.63, 3.8) is 0 Å². The van der Waals surface area contributed by atoms with Gasteiger partial charge in [-0.1, -0.05) is 20.8 Å². The second-order valence-corrected chi connectivity index (χ2v) is 6.23. The van der Waals surface area contributed by atoms with E-state index in [0.29, 0.717) is 0 Å². The highest BCUT2D eigenvalue weighted by Crippen LogP contribution is 2.23. The first-order valence-corrected chi connectivity index (χ1v) is 7.00. The normalized spacial score (nSPS) is 12.1. The van der Waals surface area contributed by atoms with Gasteiger partial charge in [-0.2, -0.15) is 0 Å². The van der Waals surface area contributed by atoms with Crippen LogP contribution in [-0.2, 0) is 16.1 Å². The monoisotopic (exact) mass is 355 g/mol. The van der Waals surface area contributed by atoms with E-state index in [1.54, 1.807) is 20.8 Å². The fourth-order valence-corrected chi connectivity index (χ4v) is 1.91. The van der Waals surface area contributed by atoms with Crippen molar-refractivity contribution in [1.29, 1.82) is 0 Å². The van der Waals surface area contributed by atoms with Crippen molar-refractivity contribution >= 4 is 23.4 Å². The first-order valence-electron chi connectivity index (χ1n) is 7.00. The molecule has 0 fully saturated rings. The summed E-state index contributed by atoms with van der Waals surface area (Å²) in [6, 6.07) is 1.61. The molecule has 0 bridgehead atoms. The van der Waals surface area contributed by atoms with Gasteiger partial charge in [-0.3, -0.25) is 20.2 Å². The molecule has 0 aliphatic rings. The van der Waals surface area contributed by atoms with Crippen molar-refractivity contribution in [2.75, 3.05) is 0 Å². The molecule has 1 rings (SSSR count). The number of alkyl carbamates (subject to hydrolysis) is 1. The molecule has 0 aromatic heterocycles. The molecule has 0 heterocycles. The van der Waals surface area contributed by atoms with E-state index in [-0.39, 0.29) is 5.56 Å². The van der Waals surface area contributed by atoms with E-state index in [2.05, 4.69) is 5.32 Å². The summed E-state index contributed by atoms with van der Waals surface area (Å²) in [6.45, 7) is 4.33. The molecule has 136 valence electrons. The molecule has 0 aliphatic heterocycles. The van der Waals surface area contributed by atoms with Crippen LogP contribution in [-0.4, -0.2) is 33.1 Å². The van der Waals surface area contributed by atoms with Gasteiger partial charge in [0.05, 0.1) is 15.9 Å². The van der Waals surface area contributed by atoms with Crippen molar-refractivity contribution < 1.29 is 29.3 Å². The van der Waals surface area contributed by atoms with Gasteiger partial charge in [0.15, 0.2) is 0 Å². The number of ether oxygens (including phenoxy) is 1. The van der Waals surface area contributed by atoms with Crippen LogP contribution in [0.3, 0.4) is 0 Å². The molecule has 0 spiro atoms. The van der Waals surface area contributed by atoms with Gasteiger partial charge in [-0.15, -0.1) is 0 Å². The molecule has 11 nitrogen and oxygen atoms in total. The minimum atomic E-state index is -1.25. The zero-order valence-electron chi connectivity index (χ0n) is 13.7. The van der Waals surface area contributed by atoms with Gasteiger partial charge in [0, 0.05) is 17.7 Å². The molecular weight excluding hydrogens is 338 g/mol. The predicted molar refractivity (Wildman–Crippen MR) is 84.0 cm³/mol. The number of carboxylic acid groups (broad SMARTS) is 1. The predicted octanol–water partition coefficient (Wildman–Crippen LogP) is 2.23. The van der Waals surface area contributed by atoms with Gasteiger partial charge >= 0.3 is 12.1 Å². The van der Waals surface area contributed by atoms with Gasteiger partial charge in [0.1, 0.15) is 12.6 Å². The van der Waals surface area contributed by atoms with Crippen LogP contribution in [0.1, 0.15) is 26.3 Å². The Labute approximate surface area is 141 Å². The lowest BCUT2D eigenvalue weighted by Gasteiger charge is -2.27. The Bertz CT molecular complexity index is 678. The molecular formula is C14H17N3O8. The van der Waals surface area contributed by atoms with Crippen LogP contribution in [0.2, 0.25) is 0 Å². The Balaban J connectivity index is 2.87. The fraction of sp³-hybridized carbons (Fsp3) is 0.429. The number of hydrogen-bond donors (Lipinski definition) is 2. The molecule has 0 unspecified atom stereocenters. The lowest BCUT2D eigenvalue weighted by atomic mass is 9.87. The lowest BCUT2D eigenvalue weighted by molar-refractivity contribution is -0.394. The van der Waals surface area contributed by atoms with E-state index < -0.39 is 51.3 Å². The summed E-state index contributed by atoms with van der Waals surface area (Å²) < 4.78 is 4.81. The van der Waals surface area contributed by atoms with E-state index in [1.165, 1.54) is 0 Å². The standard InChI is InChI=1S/C14H17N3O8/c1-14(2,3)11(12(18)19)15-13(20)25-7-8-4-9(16(21)22)6-10(5-8)17(23)24/h4-6,11H,7H2,1-3H3,(H,15,20)(H,18,19)/t11-/m1/s1. The van der Waals surface area contributed by atoms with Gasteiger partial charge in [-0.05, 0) is 5.41 Å². The van der Waals surface area contributed by atoms with Gasteiger partial charge in [-0.25, -0.2) is 9.59 Å². The molecule has 0 aliphatic carbocycles. The summed E-state index contributed by atoms with van der Waals surface area (Å²) in [5.74, 6) is -1.25. The molecule has 1 aromatic rings. The number of carbonyl (C=O) groups is 2. The first kappa shape index (κ1) is 19.8. The largest absolute Gasteiger partial charge is 0.480 e. The van der Waals surface area contributed by atoms with E-state index in [4.69, 9.17) is 9.84 Å². The number of benzene rings is 1. The lowest BCUT2D eigenvalue weighted by Crippen LogP contribution is -2.49. The minimum absolute atomic E-state index is 0.0266. The Hall–Kier alpha value is -3.24. The quantitative estimate of drug-likeness (QED) is 0.579. The van der Waals surface area contributed by atoms with Crippen LogP contribution in [0.5, 0.6) is 0 Å². The Morgan fingerprint density at radius 1 is 1.16 bits per heavy atom. The van der Waals surface area contributed by atoms with E-state index >= 15 is 0 Å². The minimum Gasteiger partial charge on any atom is -0.480 e. The number of nitrogens with one attached hydrogen (secondary N) is 1. The molecule has 1 atom stereocenters. The highest BCUT2D eigenvalue weighted by Gasteiger charge is 2.33. The molecule has 25 heavy (non-hydrogen) atoms. The van der Waals surface area contributed by atoms with E-state index in [0.717, 1.165) is 18.2 Å². The average molecular weight is 355 g/mol. The Morgan fingerprint density at radius 3 is 2.00 bits per heavy atom. The van der Waals surface area contributed by atoms with E-state index in [9.17, 15) is 29.8 Å². The maximum absolute atomic E-state index is 11.8. The molecule has 1 aromatic carbocycles. The SMILES string of the molecule is CC(C)(C)[C@H](NC(=O)OCc1cc([N+](=O)[O-])cc([N+](=O)[O-])c1)C(=O)O. The zero-order valence-corrected chi connectivity index (χ0v) is 13.7. The summed E-state index contributed by atoms with van der Waals surface area (Å²) >= 11 is 0. The number of non-ortho nitro benzene ring substituents is 2. The summed E-state index contributed by atoms with van der Waals surface area (Å²) in [5, 5.41) is 32.9. The first-order chi connectivity index (χ1) is 11.4. The third-order valence-corrected chi connectivity index (χ3v) is 3.13. The van der Waals surface area contributed by atoms with Crippen LogP contribution < -0.4 is 5.32 Å². The third kappa shape index (κ3) is 5.71. The van der Waals surface area contributed by atoms with Crippen LogP contribution >= 0.6 is 0 Å². The van der Waals surface area contributed by atoms with Crippen LogP contribution in [0.4, 0.5) is 16.2 Å². The van der Waals surface area contributed by atoms with Crippen molar-refractivity contribution in [1.82, 2.24) is 5.32 Å². The summed E-state index contributed by atoms with van der Waals surface area (Å²) in [6.07, 6.45) is -1.06. The average Bonchev–Trinajstić information content (AvgIpc) is 2.48. The third-order valence-electron chi connectivity index (χ3n) is 3.13. The number of nitro groups is 2. The summed E-state index contributed by atoms with van der Waals surface area (Å²) in [7, 11) is 0. The molecule has 0 saturated carbocycles. The number of nitrogens with zero attached hydrogens (tertiary/aromatic N) is 2. The van der Waals surface area contributed by atoms with E-state index in [1.807, 2.05) is 0 Å². The number of aliphatic carboxylic acids is 1. The summed E-state index contributed by atoms with van der Waals surface area (Å²) in [4.78, 5) is 42.9. The van der Waals surface area contributed by atoms with Gasteiger partial charge < -0.3 is 15.2 Å². The van der Waals surface area contributed by atoms with Crippen LogP contribution in [0.25, 0.3) is 0 Å². The molecule has 11 heteroatoms. The van der Waals surface area contributed by atoms with Crippen molar-refractivity contribution in [2.45, 2.75) is 33.4 Å². The zero-order chi connectivity index (χ0) is 19.4. The fourth-order valence-electron chi connectivity index (χ4n) is 1.91. The number of carbonyl (C=O) groups excluding carboxylic acids is 1. The number of rotatable bonds is 6. The smallest absolute Gasteiger partial charge is 0.408 e. The number of nitro benzene ring substituents is 2. The Morgan fingerprint density at radius 2 is 1.64 bits per heavy atom. The van der Waals surface area contributed by atoms with Crippen LogP contribution in [0, 0.1) is 25.6 Å². The van der Waals surface area contributed by atoms with Crippen molar-refractivity contribution in [3.05, 3.63) is 44.0 Å². The van der Waals surface area contributed by atoms with Gasteiger partial charge in [0.25, 0.3) is 11.4 Å². The maximum atomic E-state index is 11.8. The van der Waals surface area contributed by atoms with Crippen LogP contribution in [0.15, 0.2) is 18.2 Å². The second kappa shape index (κ2) is 7.55. The molecule has 0 saturated heterocycles.